The molecule has 2 nitrogen and oxygen atoms in total. The van der Waals surface area contributed by atoms with E-state index in [4.69, 9.17) is 4.42 Å². The topological polar surface area (TPSA) is 17.0 Å². The van der Waals surface area contributed by atoms with Gasteiger partial charge in [0.2, 0.25) is 5.69 Å². The molecule has 0 unspecified atom stereocenters. The zero-order valence-corrected chi connectivity index (χ0v) is 23.6. The van der Waals surface area contributed by atoms with Crippen molar-refractivity contribution in [1.82, 2.24) is 0 Å². The van der Waals surface area contributed by atoms with Gasteiger partial charge in [-0.2, -0.15) is 0 Å². The van der Waals surface area contributed by atoms with Crippen molar-refractivity contribution in [3.8, 4) is 11.3 Å². The molecule has 3 aromatic carbocycles. The number of hydrogen-bond donors (Lipinski definition) is 0. The molecule has 5 aromatic rings. The summed E-state index contributed by atoms with van der Waals surface area (Å²) >= 11 is 1.94. The van der Waals surface area contributed by atoms with E-state index in [2.05, 4.69) is 103 Å². The van der Waals surface area contributed by atoms with Gasteiger partial charge in [-0.05, 0) is 64.6 Å². The zero-order chi connectivity index (χ0) is 25.6. The van der Waals surface area contributed by atoms with Crippen molar-refractivity contribution in [2.75, 3.05) is 0 Å². The Balaban J connectivity index is 1.70. The van der Waals surface area contributed by atoms with Crippen LogP contribution in [0.2, 0.25) is 0 Å². The molecule has 2 aromatic heterocycles. The minimum absolute atomic E-state index is 0.156. The van der Waals surface area contributed by atoms with Gasteiger partial charge in [0.15, 0.2) is 6.20 Å². The van der Waals surface area contributed by atoms with Crippen LogP contribution in [0.15, 0.2) is 63.1 Å². The number of aromatic nitrogens is 1. The Kier molecular flexibility index (Phi) is 5.15. The normalized spacial score (nSPS) is 13.7. The molecule has 0 spiro atoms. The molecule has 0 bridgehead atoms. The van der Waals surface area contributed by atoms with E-state index >= 15 is 0 Å². The third-order valence-corrected chi connectivity index (χ3v) is 8.57. The lowest BCUT2D eigenvalue weighted by atomic mass is 9.84. The van der Waals surface area contributed by atoms with Gasteiger partial charge in [0.1, 0.15) is 12.6 Å². The third-order valence-electron chi connectivity index (χ3n) is 7.37. The van der Waals surface area contributed by atoms with Crippen molar-refractivity contribution in [3.05, 3.63) is 65.5 Å². The van der Waals surface area contributed by atoms with E-state index in [1.165, 1.54) is 64.7 Å². The number of aryl methyl sites for hydroxylation is 2. The highest BCUT2D eigenvalue weighted by Crippen LogP contribution is 2.53. The second kappa shape index (κ2) is 7.86. The molecule has 0 radical (unpaired) electrons. The largest absolute Gasteiger partial charge is 0.464 e. The molecule has 3 heterocycles. The lowest BCUT2D eigenvalue weighted by molar-refractivity contribution is -0.659. The Morgan fingerprint density at radius 1 is 0.861 bits per heavy atom. The Labute approximate surface area is 218 Å². The van der Waals surface area contributed by atoms with Crippen molar-refractivity contribution >= 4 is 44.3 Å². The summed E-state index contributed by atoms with van der Waals surface area (Å²) in [6.07, 6.45) is 6.16. The van der Waals surface area contributed by atoms with Gasteiger partial charge >= 0.3 is 0 Å². The van der Waals surface area contributed by atoms with Crippen LogP contribution in [0.25, 0.3) is 43.8 Å². The summed E-state index contributed by atoms with van der Waals surface area (Å²) in [5.41, 5.74) is 8.24. The second-order valence-corrected chi connectivity index (χ2v) is 14.1. The average Bonchev–Trinajstić information content (AvgIpc) is 3.26. The summed E-state index contributed by atoms with van der Waals surface area (Å²) in [6.45, 7) is 16.2. The van der Waals surface area contributed by atoms with Crippen molar-refractivity contribution in [2.24, 2.45) is 17.9 Å². The maximum atomic E-state index is 6.15. The molecule has 184 valence electrons. The zero-order valence-electron chi connectivity index (χ0n) is 22.8. The van der Waals surface area contributed by atoms with E-state index in [9.17, 15) is 0 Å². The van der Waals surface area contributed by atoms with Gasteiger partial charge in [-0.3, -0.25) is 0 Å². The van der Waals surface area contributed by atoms with Crippen molar-refractivity contribution in [2.45, 2.75) is 71.1 Å². The van der Waals surface area contributed by atoms with Crippen LogP contribution in [0.4, 0.5) is 0 Å². The first kappa shape index (κ1) is 23.6. The van der Waals surface area contributed by atoms with Gasteiger partial charge < -0.3 is 4.42 Å². The van der Waals surface area contributed by atoms with Gasteiger partial charge in [-0.25, -0.2) is 4.57 Å². The SMILES string of the molecule is Cc1c2c(c(CC(C)(C)C)c3occc13)Sc1cc3cc(CC(C)(C)C)ccc3c3cc[n+](C)c-2c13. The highest BCUT2D eigenvalue weighted by molar-refractivity contribution is 8.00. The predicted octanol–water partition coefficient (Wildman–Crippen LogP) is 9.18. The lowest BCUT2D eigenvalue weighted by Gasteiger charge is -2.26. The second-order valence-electron chi connectivity index (χ2n) is 13.0. The Morgan fingerprint density at radius 2 is 1.61 bits per heavy atom. The molecule has 3 heteroatoms. The van der Waals surface area contributed by atoms with E-state index in [1.807, 2.05) is 18.0 Å². The number of benzene rings is 3. The molecule has 0 saturated carbocycles. The van der Waals surface area contributed by atoms with Crippen molar-refractivity contribution in [1.29, 1.82) is 0 Å². The number of fused-ring (bicyclic) bond motifs is 5. The number of rotatable bonds is 2. The summed E-state index contributed by atoms with van der Waals surface area (Å²) in [5, 5.41) is 6.64. The minimum atomic E-state index is 0.156. The maximum absolute atomic E-state index is 6.15. The molecule has 1 aliphatic heterocycles. The first-order chi connectivity index (χ1) is 16.9. The first-order valence-electron chi connectivity index (χ1n) is 13.0. The van der Waals surface area contributed by atoms with E-state index in [1.54, 1.807) is 0 Å². The van der Waals surface area contributed by atoms with Gasteiger partial charge in [0.05, 0.1) is 17.2 Å². The highest BCUT2D eigenvalue weighted by atomic mass is 32.2. The summed E-state index contributed by atoms with van der Waals surface area (Å²) < 4.78 is 8.47. The molecule has 0 amide bonds. The van der Waals surface area contributed by atoms with Crippen molar-refractivity contribution in [3.63, 3.8) is 0 Å². The van der Waals surface area contributed by atoms with E-state index in [0.29, 0.717) is 0 Å². The molecule has 0 fully saturated rings. The fraction of sp³-hybridized carbons (Fsp3) is 0.364. The van der Waals surface area contributed by atoms with Crippen LogP contribution in [0.1, 0.15) is 58.2 Å². The quantitative estimate of drug-likeness (QED) is 0.176. The lowest BCUT2D eigenvalue weighted by Crippen LogP contribution is -2.32. The van der Waals surface area contributed by atoms with Gasteiger partial charge in [0, 0.05) is 32.2 Å². The van der Waals surface area contributed by atoms with Crippen LogP contribution in [0, 0.1) is 17.8 Å². The van der Waals surface area contributed by atoms with E-state index in [-0.39, 0.29) is 10.8 Å². The standard InChI is InChI=1S/C33H36NOS/c1-19-22-12-14-35-30(22)25(18-33(5,6)7)31-27(19)29-28-24(11-13-34(29)8)23-10-9-20(17-32(2,3)4)15-21(23)16-26(28)36-31/h9-16H,17-18H2,1-8H3/q+1. The number of hydrogen-bond acceptors (Lipinski definition) is 2. The molecule has 0 N–H and O–H groups in total. The summed E-state index contributed by atoms with van der Waals surface area (Å²) in [5.74, 6) is 0. The Bertz CT molecular complexity index is 1690. The predicted molar refractivity (Wildman–Crippen MR) is 153 cm³/mol. The molecule has 0 atom stereocenters. The van der Waals surface area contributed by atoms with E-state index < -0.39 is 0 Å². The smallest absolute Gasteiger partial charge is 0.222 e. The highest BCUT2D eigenvalue weighted by Gasteiger charge is 2.34. The van der Waals surface area contributed by atoms with Gasteiger partial charge in [0.25, 0.3) is 0 Å². The van der Waals surface area contributed by atoms with Crippen molar-refractivity contribution < 1.29 is 8.98 Å². The molecule has 0 aliphatic carbocycles. The maximum Gasteiger partial charge on any atom is 0.222 e. The molecule has 1 aliphatic rings. The molecule has 6 rings (SSSR count). The van der Waals surface area contributed by atoms with Crippen LogP contribution in [-0.2, 0) is 19.9 Å². The number of pyridine rings is 1. The van der Waals surface area contributed by atoms with Crippen LogP contribution in [-0.4, -0.2) is 0 Å². The molecular weight excluding hydrogens is 458 g/mol. The monoisotopic (exact) mass is 494 g/mol. The fourth-order valence-corrected chi connectivity index (χ4v) is 7.37. The first-order valence-corrected chi connectivity index (χ1v) is 13.8. The van der Waals surface area contributed by atoms with Crippen LogP contribution in [0.5, 0.6) is 0 Å². The summed E-state index contributed by atoms with van der Waals surface area (Å²) in [4.78, 5) is 2.72. The molecule has 36 heavy (non-hydrogen) atoms. The van der Waals surface area contributed by atoms with Crippen LogP contribution >= 0.6 is 11.8 Å². The fourth-order valence-electron chi connectivity index (χ4n) is 6.01. The number of nitrogens with zero attached hydrogens (tertiary/aromatic N) is 1. The van der Waals surface area contributed by atoms with Crippen LogP contribution < -0.4 is 4.57 Å². The van der Waals surface area contributed by atoms with Crippen LogP contribution in [0.3, 0.4) is 0 Å². The van der Waals surface area contributed by atoms with Gasteiger partial charge in [-0.1, -0.05) is 71.5 Å². The molecule has 0 saturated heterocycles. The Morgan fingerprint density at radius 3 is 2.33 bits per heavy atom. The summed E-state index contributed by atoms with van der Waals surface area (Å²) in [6, 6.07) is 14.0. The third kappa shape index (κ3) is 3.75. The Hall–Kier alpha value is -2.78. The summed E-state index contributed by atoms with van der Waals surface area (Å²) in [7, 11) is 2.19. The molecular formula is C33H36NOS+. The van der Waals surface area contributed by atoms with Gasteiger partial charge in [-0.15, -0.1) is 0 Å². The van der Waals surface area contributed by atoms with E-state index in [0.717, 1.165) is 18.4 Å². The number of furan rings is 1. The average molecular weight is 495 g/mol. The minimum Gasteiger partial charge on any atom is -0.464 e.